The van der Waals surface area contributed by atoms with E-state index in [0.29, 0.717) is 0 Å². The van der Waals surface area contributed by atoms with Crippen molar-refractivity contribution in [3.63, 3.8) is 0 Å². The molecule has 0 aliphatic carbocycles. The molecule has 6 nitrogen and oxygen atoms in total. The molecule has 0 rings (SSSR count). The molecule has 0 aromatic rings. The Bertz CT molecular complexity index is 72.3. The van der Waals surface area contributed by atoms with Gasteiger partial charge in [0.25, 0.3) is 33.9 Å². The Morgan fingerprint density at radius 3 is 1.28 bits per heavy atom. The summed E-state index contributed by atoms with van der Waals surface area (Å²) in [5.41, 5.74) is 0. The van der Waals surface area contributed by atoms with Crippen molar-refractivity contribution in [3.8, 4) is 0 Å². The minimum absolute atomic E-state index is 0. The topological polar surface area (TPSA) is 94.6 Å². The third-order valence-corrected chi connectivity index (χ3v) is 0.777. The Morgan fingerprint density at radius 2 is 1.11 bits per heavy atom. The molecule has 0 bridgehead atoms. The van der Waals surface area contributed by atoms with Gasteiger partial charge in [0, 0.05) is 24.5 Å². The summed E-state index contributed by atoms with van der Waals surface area (Å²) in [4.78, 5) is 37.5. The molecule has 0 aromatic carbocycles. The molecule has 0 N–H and O–H groups in total. The summed E-state index contributed by atoms with van der Waals surface area (Å²) in [7, 11) is 1.63. The van der Waals surface area contributed by atoms with Gasteiger partial charge in [-0.3, -0.25) is 24.0 Å². The van der Waals surface area contributed by atoms with Crippen LogP contribution >= 0.6 is 0 Å². The number of rotatable bonds is 4. The standard InChI is InChI=1S/C6H12O.5CO.Cr/c1-3-4-5-6-7-2;5*1-2;/h3-5H2,1-2H3;;;;;;. The number of hydrogen-bond acceptors (Lipinski definition) is 6. The summed E-state index contributed by atoms with van der Waals surface area (Å²) in [5.74, 6) is 0. The van der Waals surface area contributed by atoms with Gasteiger partial charge < -0.3 is 4.74 Å². The van der Waals surface area contributed by atoms with Crippen LogP contribution in [0.25, 0.3) is 0 Å². The molecule has 0 spiro atoms. The van der Waals surface area contributed by atoms with Gasteiger partial charge in [-0.1, -0.05) is 19.8 Å². The molecule has 0 saturated heterocycles. The van der Waals surface area contributed by atoms with Crippen molar-refractivity contribution < 1.29 is 46.1 Å². The summed E-state index contributed by atoms with van der Waals surface area (Å²) in [6.07, 6.45) is 3.37. The molecule has 0 atom stereocenters. The van der Waals surface area contributed by atoms with Gasteiger partial charge in [0.2, 0.25) is 0 Å². The molecule has 0 fully saturated rings. The maximum Gasteiger partial charge on any atom is 0.281 e. The van der Waals surface area contributed by atoms with Crippen LogP contribution in [0.1, 0.15) is 26.2 Å². The van der Waals surface area contributed by atoms with E-state index in [4.69, 9.17) is 24.0 Å². The predicted molar refractivity (Wildman–Crippen MR) is 58.2 cm³/mol. The van der Waals surface area contributed by atoms with Crippen LogP contribution in [-0.2, 0) is 46.1 Å². The molecule has 7 heteroatoms. The smallest absolute Gasteiger partial charge is 0.281 e. The first kappa shape index (κ1) is 43.6. The Hall–Kier alpha value is -1.16. The molecule has 0 saturated carbocycles. The Kier molecular flexibility index (Phi) is 573. The van der Waals surface area contributed by atoms with Gasteiger partial charge in [0.1, 0.15) is 6.61 Å². The summed E-state index contributed by atoms with van der Waals surface area (Å²) in [5, 5.41) is 0. The fraction of sp³-hybridized carbons (Fsp3) is 0.455. The fourth-order valence-corrected chi connectivity index (χ4v) is 0.351. The molecule has 98 valence electrons. The maximum atomic E-state index is 7.50. The SMILES string of the molecule is CCCC[C]OC.[C]=O.[C]=O.[C]=O.[C]=O.[C]=O.[Cr]. The molecule has 18 heavy (non-hydrogen) atoms. The zero-order chi connectivity index (χ0) is 15.5. The number of hydrogen-bond donors (Lipinski definition) is 0. The van der Waals surface area contributed by atoms with E-state index in [1.165, 1.54) is 12.8 Å². The minimum Gasteiger partial charge on any atom is -0.372 e. The molecule has 0 aliphatic rings. The fourth-order valence-electron chi connectivity index (χ4n) is 0.351. The second-order valence-corrected chi connectivity index (χ2v) is 1.45. The van der Waals surface area contributed by atoms with Gasteiger partial charge >= 0.3 is 0 Å². The van der Waals surface area contributed by atoms with Crippen molar-refractivity contribution in [2.75, 3.05) is 7.11 Å². The van der Waals surface area contributed by atoms with Crippen LogP contribution in [0, 0.1) is 6.61 Å². The molecule has 0 unspecified atom stereocenters. The molecular weight excluding hydrogens is 280 g/mol. The number of ether oxygens (including phenoxy) is 1. The van der Waals surface area contributed by atoms with Crippen molar-refractivity contribution >= 4 is 33.9 Å². The van der Waals surface area contributed by atoms with Crippen LogP contribution in [0.3, 0.4) is 0 Å². The number of unbranched alkanes of at least 4 members (excludes halogenated alkanes) is 2. The van der Waals surface area contributed by atoms with Gasteiger partial charge in [-0.2, -0.15) is 0 Å². The van der Waals surface area contributed by atoms with E-state index >= 15 is 0 Å². The zero-order valence-electron chi connectivity index (χ0n) is 9.98. The second kappa shape index (κ2) is 236. The van der Waals surface area contributed by atoms with Crippen molar-refractivity contribution in [3.05, 3.63) is 6.61 Å². The quantitative estimate of drug-likeness (QED) is 0.670. The predicted octanol–water partition coefficient (Wildman–Crippen LogP) is -0.126. The first-order valence-electron chi connectivity index (χ1n) is 3.69. The van der Waals surface area contributed by atoms with E-state index in [-0.39, 0.29) is 17.4 Å². The molecule has 0 heterocycles. The van der Waals surface area contributed by atoms with Crippen LogP contribution in [0.5, 0.6) is 0 Å². The van der Waals surface area contributed by atoms with Crippen LogP contribution < -0.4 is 0 Å². The molecular formula is C11H12CrO6. The van der Waals surface area contributed by atoms with E-state index in [1.54, 1.807) is 7.11 Å². The monoisotopic (exact) mass is 292 g/mol. The summed E-state index contributed by atoms with van der Waals surface area (Å²) in [6.45, 7) is 27.4. The second-order valence-electron chi connectivity index (χ2n) is 1.45. The van der Waals surface area contributed by atoms with Crippen LogP contribution in [-0.4, -0.2) is 41.1 Å². The van der Waals surface area contributed by atoms with Gasteiger partial charge in [-0.25, -0.2) is 0 Å². The minimum atomic E-state index is 0. The van der Waals surface area contributed by atoms with E-state index in [2.05, 4.69) is 52.2 Å². The van der Waals surface area contributed by atoms with Crippen molar-refractivity contribution in [2.45, 2.75) is 26.2 Å². The van der Waals surface area contributed by atoms with Crippen molar-refractivity contribution in [2.24, 2.45) is 0 Å². The van der Waals surface area contributed by atoms with Gasteiger partial charge in [0.05, 0.1) is 0 Å². The van der Waals surface area contributed by atoms with E-state index < -0.39 is 0 Å². The summed E-state index contributed by atoms with van der Waals surface area (Å²) < 4.78 is 4.59. The average molecular weight is 292 g/mol. The van der Waals surface area contributed by atoms with Crippen LogP contribution in [0.4, 0.5) is 0 Å². The third kappa shape index (κ3) is 352. The molecule has 12 radical (unpaired) electrons. The maximum absolute atomic E-state index is 7.50. The van der Waals surface area contributed by atoms with Gasteiger partial charge in [-0.05, 0) is 6.42 Å². The van der Waals surface area contributed by atoms with Crippen molar-refractivity contribution in [1.82, 2.24) is 0 Å². The van der Waals surface area contributed by atoms with Crippen LogP contribution in [0.2, 0.25) is 0 Å². The summed E-state index contributed by atoms with van der Waals surface area (Å²) >= 11 is 0. The molecule has 0 aliphatic heterocycles. The van der Waals surface area contributed by atoms with Gasteiger partial charge in [-0.15, -0.1) is 0 Å². The van der Waals surface area contributed by atoms with E-state index in [9.17, 15) is 0 Å². The molecule has 0 amide bonds. The largest absolute Gasteiger partial charge is 0.372 e. The first-order valence-corrected chi connectivity index (χ1v) is 3.69. The van der Waals surface area contributed by atoms with E-state index in [1.807, 2.05) is 0 Å². The van der Waals surface area contributed by atoms with Crippen molar-refractivity contribution in [1.29, 1.82) is 0 Å². The Morgan fingerprint density at radius 1 is 0.833 bits per heavy atom. The third-order valence-electron chi connectivity index (χ3n) is 0.777. The first-order chi connectivity index (χ1) is 8.41. The van der Waals surface area contributed by atoms with Crippen LogP contribution in [0.15, 0.2) is 0 Å². The normalized spacial score (nSPS) is 4.78. The van der Waals surface area contributed by atoms with Gasteiger partial charge in [0.15, 0.2) is 0 Å². The zero-order valence-corrected chi connectivity index (χ0v) is 11.3. The number of carbonyl (C=O) groups excluding carboxylic acids is 5. The Balaban J connectivity index is -0.0000000189. The van der Waals surface area contributed by atoms with E-state index in [0.717, 1.165) is 6.42 Å². The number of methoxy groups -OCH3 is 1. The summed E-state index contributed by atoms with van der Waals surface area (Å²) in [6, 6.07) is 0. The average Bonchev–Trinajstić information content (AvgIpc) is 2.50. The molecule has 0 aromatic heterocycles. The Labute approximate surface area is 120 Å².